The molecule has 1 saturated heterocycles. The first kappa shape index (κ1) is 11.6. The molecule has 0 aromatic heterocycles. The summed E-state index contributed by atoms with van der Waals surface area (Å²) in [5.74, 6) is 0. The zero-order chi connectivity index (χ0) is 11.4. The molecule has 16 heavy (non-hydrogen) atoms. The molecular formula is C14H22N2. The number of hydrogen-bond donors (Lipinski definition) is 1. The van der Waals surface area contributed by atoms with E-state index in [-0.39, 0.29) is 0 Å². The third kappa shape index (κ3) is 2.83. The molecule has 1 fully saturated rings. The molecule has 2 heteroatoms. The highest BCUT2D eigenvalue weighted by molar-refractivity contribution is 5.19. The predicted octanol–water partition coefficient (Wildman–Crippen LogP) is 1.91. The number of rotatable bonds is 4. The fraction of sp³-hybridized carbons (Fsp3) is 0.571. The maximum Gasteiger partial charge on any atom is 0.0349 e. The Morgan fingerprint density at radius 2 is 2.00 bits per heavy atom. The molecule has 2 rings (SSSR count). The van der Waals surface area contributed by atoms with E-state index in [2.05, 4.69) is 54.6 Å². The molecule has 1 aromatic rings. The Morgan fingerprint density at radius 1 is 1.25 bits per heavy atom. The van der Waals surface area contributed by atoms with Gasteiger partial charge in [0.15, 0.2) is 0 Å². The molecule has 88 valence electrons. The van der Waals surface area contributed by atoms with E-state index >= 15 is 0 Å². The van der Waals surface area contributed by atoms with E-state index in [1.54, 1.807) is 0 Å². The van der Waals surface area contributed by atoms with Gasteiger partial charge in [-0.3, -0.25) is 0 Å². The Balaban J connectivity index is 2.08. The van der Waals surface area contributed by atoms with E-state index < -0.39 is 0 Å². The Kier molecular flexibility index (Phi) is 3.62. The lowest BCUT2D eigenvalue weighted by atomic mass is 9.89. The van der Waals surface area contributed by atoms with Crippen LogP contribution in [0.3, 0.4) is 0 Å². The maximum atomic E-state index is 3.71. The second-order valence-corrected chi connectivity index (χ2v) is 5.21. The van der Waals surface area contributed by atoms with Crippen molar-refractivity contribution in [3.05, 3.63) is 35.9 Å². The average molecular weight is 218 g/mol. The summed E-state index contributed by atoms with van der Waals surface area (Å²) in [6.45, 7) is 2.29. The molecule has 0 saturated carbocycles. The van der Waals surface area contributed by atoms with E-state index in [0.717, 1.165) is 13.0 Å². The normalized spacial score (nSPS) is 25.2. The smallest absolute Gasteiger partial charge is 0.0349 e. The van der Waals surface area contributed by atoms with Crippen molar-refractivity contribution in [1.82, 2.24) is 10.2 Å². The van der Waals surface area contributed by atoms with Crippen LogP contribution in [0.15, 0.2) is 30.3 Å². The largest absolute Gasteiger partial charge is 0.310 e. The highest BCUT2D eigenvalue weighted by Gasteiger charge is 2.33. The van der Waals surface area contributed by atoms with Crippen LogP contribution in [-0.2, 0) is 6.42 Å². The van der Waals surface area contributed by atoms with E-state index in [9.17, 15) is 0 Å². The fourth-order valence-electron chi connectivity index (χ4n) is 2.80. The van der Waals surface area contributed by atoms with Crippen molar-refractivity contribution in [2.75, 3.05) is 27.2 Å². The summed E-state index contributed by atoms with van der Waals surface area (Å²) >= 11 is 0. The summed E-state index contributed by atoms with van der Waals surface area (Å²) in [4.78, 5) is 2.29. The van der Waals surface area contributed by atoms with Crippen molar-refractivity contribution in [3.63, 3.8) is 0 Å². The van der Waals surface area contributed by atoms with Gasteiger partial charge in [-0.2, -0.15) is 0 Å². The maximum absolute atomic E-state index is 3.71. The van der Waals surface area contributed by atoms with Crippen LogP contribution in [0.4, 0.5) is 0 Å². The van der Waals surface area contributed by atoms with Gasteiger partial charge < -0.3 is 10.2 Å². The fourth-order valence-corrected chi connectivity index (χ4v) is 2.80. The van der Waals surface area contributed by atoms with Crippen molar-refractivity contribution < 1.29 is 0 Å². The van der Waals surface area contributed by atoms with Crippen LogP contribution >= 0.6 is 0 Å². The quantitative estimate of drug-likeness (QED) is 0.830. The molecule has 1 aliphatic rings. The molecule has 0 radical (unpaired) electrons. The zero-order valence-corrected chi connectivity index (χ0v) is 10.4. The van der Waals surface area contributed by atoms with Gasteiger partial charge in [0.25, 0.3) is 0 Å². The number of nitrogens with zero attached hydrogens (tertiary/aromatic N) is 1. The van der Waals surface area contributed by atoms with Gasteiger partial charge in [0.05, 0.1) is 0 Å². The SMILES string of the molecule is CN(C)CC1(Cc2ccccc2)CCCN1. The minimum Gasteiger partial charge on any atom is -0.310 e. The Labute approximate surface area is 98.7 Å². The summed E-state index contributed by atoms with van der Waals surface area (Å²) < 4.78 is 0. The lowest BCUT2D eigenvalue weighted by Gasteiger charge is -2.32. The third-order valence-corrected chi connectivity index (χ3v) is 3.34. The van der Waals surface area contributed by atoms with Crippen molar-refractivity contribution in [3.8, 4) is 0 Å². The molecule has 0 aliphatic carbocycles. The molecule has 2 nitrogen and oxygen atoms in total. The molecule has 1 aromatic carbocycles. The first-order valence-corrected chi connectivity index (χ1v) is 6.14. The van der Waals surface area contributed by atoms with Gasteiger partial charge in [0, 0.05) is 12.1 Å². The molecule has 1 aliphatic heterocycles. The second-order valence-electron chi connectivity index (χ2n) is 5.21. The number of hydrogen-bond acceptors (Lipinski definition) is 2. The van der Waals surface area contributed by atoms with Crippen molar-refractivity contribution >= 4 is 0 Å². The van der Waals surface area contributed by atoms with Gasteiger partial charge in [-0.25, -0.2) is 0 Å². The lowest BCUT2D eigenvalue weighted by molar-refractivity contribution is 0.255. The van der Waals surface area contributed by atoms with E-state index in [0.29, 0.717) is 5.54 Å². The summed E-state index contributed by atoms with van der Waals surface area (Å²) in [5.41, 5.74) is 1.74. The number of nitrogens with one attached hydrogen (secondary N) is 1. The zero-order valence-electron chi connectivity index (χ0n) is 10.4. The standard InChI is InChI=1S/C14H22N2/c1-16(2)12-14(9-6-10-15-14)11-13-7-4-3-5-8-13/h3-5,7-8,15H,6,9-12H2,1-2H3. The van der Waals surface area contributed by atoms with Gasteiger partial charge >= 0.3 is 0 Å². The van der Waals surface area contributed by atoms with Gasteiger partial charge in [-0.05, 0) is 45.5 Å². The van der Waals surface area contributed by atoms with Crippen LogP contribution < -0.4 is 5.32 Å². The van der Waals surface area contributed by atoms with E-state index in [4.69, 9.17) is 0 Å². The van der Waals surface area contributed by atoms with Gasteiger partial charge in [-0.1, -0.05) is 30.3 Å². The summed E-state index contributed by atoms with van der Waals surface area (Å²) in [5, 5.41) is 3.71. The molecule has 0 bridgehead atoms. The lowest BCUT2D eigenvalue weighted by Crippen LogP contribution is -2.49. The van der Waals surface area contributed by atoms with Gasteiger partial charge in [-0.15, -0.1) is 0 Å². The van der Waals surface area contributed by atoms with Gasteiger partial charge in [0.2, 0.25) is 0 Å². The molecule has 0 spiro atoms. The third-order valence-electron chi connectivity index (χ3n) is 3.34. The van der Waals surface area contributed by atoms with Crippen molar-refractivity contribution in [2.45, 2.75) is 24.8 Å². The summed E-state index contributed by atoms with van der Waals surface area (Å²) in [7, 11) is 4.32. The molecule has 1 unspecified atom stereocenters. The molecule has 0 amide bonds. The van der Waals surface area contributed by atoms with Crippen LogP contribution in [0, 0.1) is 0 Å². The summed E-state index contributed by atoms with van der Waals surface area (Å²) in [6, 6.07) is 10.8. The van der Waals surface area contributed by atoms with Crippen LogP contribution in [0.25, 0.3) is 0 Å². The van der Waals surface area contributed by atoms with Gasteiger partial charge in [0.1, 0.15) is 0 Å². The minimum atomic E-state index is 0.296. The molecule has 1 N–H and O–H groups in total. The Bertz CT molecular complexity index is 313. The van der Waals surface area contributed by atoms with E-state index in [1.165, 1.54) is 24.9 Å². The monoisotopic (exact) mass is 218 g/mol. The first-order valence-electron chi connectivity index (χ1n) is 6.14. The topological polar surface area (TPSA) is 15.3 Å². The van der Waals surface area contributed by atoms with Crippen molar-refractivity contribution in [1.29, 1.82) is 0 Å². The average Bonchev–Trinajstić information content (AvgIpc) is 2.66. The highest BCUT2D eigenvalue weighted by Crippen LogP contribution is 2.24. The Hall–Kier alpha value is -0.860. The molecule has 1 heterocycles. The molecule has 1 atom stereocenters. The number of likely N-dealkylation sites (N-methyl/N-ethyl adjacent to an activating group) is 1. The van der Waals surface area contributed by atoms with Crippen LogP contribution in [0.2, 0.25) is 0 Å². The minimum absolute atomic E-state index is 0.296. The summed E-state index contributed by atoms with van der Waals surface area (Å²) in [6.07, 6.45) is 3.74. The molecular weight excluding hydrogens is 196 g/mol. The van der Waals surface area contributed by atoms with Crippen LogP contribution in [0.1, 0.15) is 18.4 Å². The number of benzene rings is 1. The van der Waals surface area contributed by atoms with Crippen molar-refractivity contribution in [2.24, 2.45) is 0 Å². The van der Waals surface area contributed by atoms with Crippen LogP contribution in [-0.4, -0.2) is 37.6 Å². The van der Waals surface area contributed by atoms with E-state index in [1.807, 2.05) is 0 Å². The highest BCUT2D eigenvalue weighted by atomic mass is 15.1. The second kappa shape index (κ2) is 4.98. The Morgan fingerprint density at radius 3 is 2.56 bits per heavy atom. The predicted molar refractivity (Wildman–Crippen MR) is 68.7 cm³/mol. The first-order chi connectivity index (χ1) is 7.70. The van der Waals surface area contributed by atoms with Crippen LogP contribution in [0.5, 0.6) is 0 Å².